The number of alkyl halides is 4. The van der Waals surface area contributed by atoms with Gasteiger partial charge in [-0.15, -0.1) is 6.58 Å². The van der Waals surface area contributed by atoms with Crippen molar-refractivity contribution in [3.8, 4) is 5.75 Å². The molecule has 0 saturated heterocycles. The van der Waals surface area contributed by atoms with Crippen molar-refractivity contribution in [2.24, 2.45) is 5.73 Å². The van der Waals surface area contributed by atoms with Crippen LogP contribution in [0.4, 0.5) is 17.6 Å². The molecule has 0 saturated carbocycles. The van der Waals surface area contributed by atoms with Crippen molar-refractivity contribution in [1.29, 1.82) is 0 Å². The van der Waals surface area contributed by atoms with E-state index in [-0.39, 0.29) is 5.75 Å². The highest BCUT2D eigenvalue weighted by Gasteiger charge is 2.43. The highest BCUT2D eigenvalue weighted by atomic mass is 19.3. The summed E-state index contributed by atoms with van der Waals surface area (Å²) in [6, 6.07) is 4.66. The van der Waals surface area contributed by atoms with Gasteiger partial charge in [-0.3, -0.25) is 0 Å². The molecule has 0 radical (unpaired) electrons. The summed E-state index contributed by atoms with van der Waals surface area (Å²) in [6.07, 6.45) is -6.91. The summed E-state index contributed by atoms with van der Waals surface area (Å²) < 4.78 is 52.7. The second-order valence-electron chi connectivity index (χ2n) is 3.30. The van der Waals surface area contributed by atoms with Crippen molar-refractivity contribution in [3.05, 3.63) is 42.5 Å². The van der Waals surface area contributed by atoms with Crippen LogP contribution in [0.2, 0.25) is 0 Å². The molecule has 2 nitrogen and oxygen atoms in total. The first-order valence-corrected chi connectivity index (χ1v) is 4.70. The van der Waals surface area contributed by atoms with Gasteiger partial charge in [-0.2, -0.15) is 17.6 Å². The molecule has 2 N–H and O–H groups in total. The lowest BCUT2D eigenvalue weighted by molar-refractivity contribution is -0.253. The van der Waals surface area contributed by atoms with Crippen LogP contribution in [0.1, 0.15) is 11.6 Å². The van der Waals surface area contributed by atoms with Crippen LogP contribution < -0.4 is 10.5 Å². The summed E-state index contributed by atoms with van der Waals surface area (Å²) in [5.74, 6) is -0.352. The lowest BCUT2D eigenvalue weighted by Gasteiger charge is -2.17. The van der Waals surface area contributed by atoms with Crippen molar-refractivity contribution in [2.75, 3.05) is 0 Å². The van der Waals surface area contributed by atoms with E-state index in [1.54, 1.807) is 0 Å². The third kappa shape index (κ3) is 3.45. The summed E-state index contributed by atoms with van der Waals surface area (Å²) >= 11 is 0. The van der Waals surface area contributed by atoms with Crippen LogP contribution in [0.5, 0.6) is 5.75 Å². The zero-order valence-corrected chi connectivity index (χ0v) is 8.75. The molecular formula is C11H11F4NO. The van der Waals surface area contributed by atoms with Crippen molar-refractivity contribution in [2.45, 2.75) is 18.6 Å². The van der Waals surface area contributed by atoms with Crippen molar-refractivity contribution in [3.63, 3.8) is 0 Å². The molecule has 1 aromatic carbocycles. The summed E-state index contributed by atoms with van der Waals surface area (Å²) in [4.78, 5) is 0. The SMILES string of the molecule is C=C[C@@H](N)c1ccc(OC(F)(F)C(F)F)cc1. The van der Waals surface area contributed by atoms with Gasteiger partial charge in [0.05, 0.1) is 0 Å². The first-order chi connectivity index (χ1) is 7.86. The maximum absolute atomic E-state index is 12.5. The number of ether oxygens (including phenoxy) is 1. The van der Waals surface area contributed by atoms with Gasteiger partial charge in [0.2, 0.25) is 0 Å². The third-order valence-corrected chi connectivity index (χ3v) is 2.03. The fourth-order valence-electron chi connectivity index (χ4n) is 1.10. The van der Waals surface area contributed by atoms with Gasteiger partial charge in [0.1, 0.15) is 5.75 Å². The van der Waals surface area contributed by atoms with Crippen LogP contribution in [-0.2, 0) is 0 Å². The van der Waals surface area contributed by atoms with Gasteiger partial charge >= 0.3 is 12.5 Å². The smallest absolute Gasteiger partial charge is 0.428 e. The van der Waals surface area contributed by atoms with Crippen LogP contribution >= 0.6 is 0 Å². The van der Waals surface area contributed by atoms with E-state index in [9.17, 15) is 17.6 Å². The molecule has 6 heteroatoms. The Morgan fingerprint density at radius 3 is 2.18 bits per heavy atom. The fourth-order valence-corrected chi connectivity index (χ4v) is 1.10. The molecule has 0 aromatic heterocycles. The molecule has 1 rings (SSSR count). The van der Waals surface area contributed by atoms with E-state index in [2.05, 4.69) is 11.3 Å². The average Bonchev–Trinajstić information content (AvgIpc) is 2.28. The first-order valence-electron chi connectivity index (χ1n) is 4.70. The number of halogens is 4. The van der Waals surface area contributed by atoms with Gasteiger partial charge in [-0.1, -0.05) is 18.2 Å². The van der Waals surface area contributed by atoms with Gasteiger partial charge in [-0.25, -0.2) is 0 Å². The number of hydrogen-bond donors (Lipinski definition) is 1. The van der Waals surface area contributed by atoms with E-state index in [4.69, 9.17) is 5.73 Å². The molecule has 0 unspecified atom stereocenters. The molecule has 0 aliphatic rings. The van der Waals surface area contributed by atoms with Crippen LogP contribution in [0.3, 0.4) is 0 Å². The molecular weight excluding hydrogens is 238 g/mol. The maximum Gasteiger partial charge on any atom is 0.461 e. The number of hydrogen-bond acceptors (Lipinski definition) is 2. The Bertz CT molecular complexity index is 378. The Kier molecular flexibility index (Phi) is 4.11. The Balaban J connectivity index is 2.78. The van der Waals surface area contributed by atoms with E-state index < -0.39 is 18.6 Å². The highest BCUT2D eigenvalue weighted by Crippen LogP contribution is 2.28. The Hall–Kier alpha value is -1.56. The lowest BCUT2D eigenvalue weighted by atomic mass is 10.1. The molecule has 17 heavy (non-hydrogen) atoms. The molecule has 0 amide bonds. The maximum atomic E-state index is 12.5. The Labute approximate surface area is 95.7 Å². The molecule has 0 bridgehead atoms. The van der Waals surface area contributed by atoms with E-state index >= 15 is 0 Å². The molecule has 0 spiro atoms. The zero-order chi connectivity index (χ0) is 13.1. The van der Waals surface area contributed by atoms with E-state index in [0.29, 0.717) is 5.56 Å². The predicted molar refractivity (Wildman–Crippen MR) is 55.1 cm³/mol. The van der Waals surface area contributed by atoms with Crippen LogP contribution in [-0.4, -0.2) is 12.5 Å². The first kappa shape index (κ1) is 13.5. The Morgan fingerprint density at radius 1 is 1.24 bits per heavy atom. The average molecular weight is 249 g/mol. The molecule has 1 aromatic rings. The quantitative estimate of drug-likeness (QED) is 0.642. The third-order valence-electron chi connectivity index (χ3n) is 2.03. The number of benzene rings is 1. The molecule has 0 aliphatic heterocycles. The topological polar surface area (TPSA) is 35.2 Å². The van der Waals surface area contributed by atoms with E-state index in [0.717, 1.165) is 12.1 Å². The highest BCUT2D eigenvalue weighted by molar-refractivity contribution is 5.30. The second kappa shape index (κ2) is 5.18. The van der Waals surface area contributed by atoms with Crippen LogP contribution in [0.15, 0.2) is 36.9 Å². The minimum absolute atomic E-state index is 0.352. The van der Waals surface area contributed by atoms with Gasteiger partial charge in [0.15, 0.2) is 0 Å². The van der Waals surface area contributed by atoms with Crippen molar-refractivity contribution < 1.29 is 22.3 Å². The minimum Gasteiger partial charge on any atom is -0.428 e. The van der Waals surface area contributed by atoms with E-state index in [1.807, 2.05) is 0 Å². The molecule has 0 fully saturated rings. The van der Waals surface area contributed by atoms with Crippen molar-refractivity contribution in [1.82, 2.24) is 0 Å². The standard InChI is InChI=1S/C11H11F4NO/c1-2-9(16)7-3-5-8(6-4-7)17-11(14,15)10(12)13/h2-6,9-10H,1,16H2/t9-/m1/s1. The van der Waals surface area contributed by atoms with Crippen LogP contribution in [0.25, 0.3) is 0 Å². The molecule has 1 atom stereocenters. The number of rotatable bonds is 5. The van der Waals surface area contributed by atoms with Crippen LogP contribution in [0, 0.1) is 0 Å². The Morgan fingerprint density at radius 2 is 1.76 bits per heavy atom. The second-order valence-corrected chi connectivity index (χ2v) is 3.30. The monoisotopic (exact) mass is 249 g/mol. The predicted octanol–water partition coefficient (Wildman–Crippen LogP) is 3.11. The normalized spacial score (nSPS) is 13.5. The number of nitrogens with two attached hydrogens (primary N) is 1. The van der Waals surface area contributed by atoms with Crippen molar-refractivity contribution >= 4 is 0 Å². The molecule has 0 aliphatic carbocycles. The summed E-state index contributed by atoms with van der Waals surface area (Å²) in [7, 11) is 0. The van der Waals surface area contributed by atoms with Gasteiger partial charge in [0, 0.05) is 6.04 Å². The van der Waals surface area contributed by atoms with Gasteiger partial charge in [-0.05, 0) is 17.7 Å². The molecule has 0 heterocycles. The molecule has 94 valence electrons. The summed E-state index contributed by atoms with van der Waals surface area (Å²) in [5.41, 5.74) is 6.21. The zero-order valence-electron chi connectivity index (χ0n) is 8.75. The van der Waals surface area contributed by atoms with E-state index in [1.165, 1.54) is 18.2 Å². The largest absolute Gasteiger partial charge is 0.461 e. The summed E-state index contributed by atoms with van der Waals surface area (Å²) in [5, 5.41) is 0. The lowest BCUT2D eigenvalue weighted by Crippen LogP contribution is -2.33. The fraction of sp³-hybridized carbons (Fsp3) is 0.273. The summed E-state index contributed by atoms with van der Waals surface area (Å²) in [6.45, 7) is 3.47. The van der Waals surface area contributed by atoms with Gasteiger partial charge in [0.25, 0.3) is 0 Å². The minimum atomic E-state index is -4.50. The van der Waals surface area contributed by atoms with Gasteiger partial charge < -0.3 is 10.5 Å².